The third-order valence-corrected chi connectivity index (χ3v) is 8.33. The van der Waals surface area contributed by atoms with Gasteiger partial charge in [0.15, 0.2) is 11.5 Å². The Morgan fingerprint density at radius 3 is 2.74 bits per heavy atom. The highest BCUT2D eigenvalue weighted by Gasteiger charge is 2.54. The number of carbonyl (C=O) groups excluding carboxylic acids is 2. The lowest BCUT2D eigenvalue weighted by atomic mass is 10.0. The number of fused-ring (bicyclic) bond motifs is 2. The van der Waals surface area contributed by atoms with Gasteiger partial charge in [-0.25, -0.2) is 0 Å². The molecule has 0 bridgehead atoms. The summed E-state index contributed by atoms with van der Waals surface area (Å²) >= 11 is 1.67. The summed E-state index contributed by atoms with van der Waals surface area (Å²) in [6.07, 6.45) is 1.12. The molecule has 6 nitrogen and oxygen atoms in total. The molecule has 0 unspecified atom stereocenters. The zero-order valence-electron chi connectivity index (χ0n) is 19.9. The average Bonchev–Trinajstić information content (AvgIpc) is 3.35. The number of piperidine rings is 1. The van der Waals surface area contributed by atoms with Crippen molar-refractivity contribution >= 4 is 23.2 Å². The Labute approximate surface area is 208 Å². The summed E-state index contributed by atoms with van der Waals surface area (Å²) < 4.78 is 11.3. The molecule has 1 aromatic heterocycles. The van der Waals surface area contributed by atoms with E-state index in [-0.39, 0.29) is 17.9 Å². The molecule has 3 aromatic rings. The van der Waals surface area contributed by atoms with Gasteiger partial charge in [-0.2, -0.15) is 0 Å². The van der Waals surface area contributed by atoms with Gasteiger partial charge in [0.2, 0.25) is 0 Å². The fourth-order valence-electron chi connectivity index (χ4n) is 5.39. The Bertz CT molecular complexity index is 1320. The van der Waals surface area contributed by atoms with Gasteiger partial charge in [-0.15, -0.1) is 11.3 Å². The van der Waals surface area contributed by atoms with E-state index in [4.69, 9.17) is 9.47 Å². The van der Waals surface area contributed by atoms with E-state index in [1.165, 1.54) is 5.56 Å². The van der Waals surface area contributed by atoms with Gasteiger partial charge >= 0.3 is 0 Å². The number of hydrogen-bond acceptors (Lipinski definition) is 5. The van der Waals surface area contributed by atoms with E-state index in [0.29, 0.717) is 48.7 Å². The molecule has 6 rings (SSSR count). The smallest absolute Gasteiger partial charge is 0.255 e. The van der Waals surface area contributed by atoms with Crippen molar-refractivity contribution < 1.29 is 19.1 Å². The molecule has 3 aliphatic rings. The van der Waals surface area contributed by atoms with E-state index in [0.717, 1.165) is 34.5 Å². The summed E-state index contributed by atoms with van der Waals surface area (Å²) in [5.74, 6) is 1.92. The number of rotatable bonds is 5. The Hall–Kier alpha value is -3.32. The first-order valence-corrected chi connectivity index (χ1v) is 13.0. The van der Waals surface area contributed by atoms with Crippen LogP contribution in [0.5, 0.6) is 11.5 Å². The lowest BCUT2D eigenvalue weighted by Gasteiger charge is -2.29. The van der Waals surface area contributed by atoms with E-state index in [1.807, 2.05) is 24.0 Å². The molecule has 0 spiro atoms. The van der Waals surface area contributed by atoms with Gasteiger partial charge in [0.25, 0.3) is 11.8 Å². The second-order valence-electron chi connectivity index (χ2n) is 9.76. The molecular weight excluding hydrogens is 460 g/mol. The third kappa shape index (κ3) is 4.08. The predicted molar refractivity (Wildman–Crippen MR) is 135 cm³/mol. The van der Waals surface area contributed by atoms with E-state index >= 15 is 0 Å². The van der Waals surface area contributed by atoms with Crippen LogP contribution in [-0.4, -0.2) is 49.1 Å². The van der Waals surface area contributed by atoms with Gasteiger partial charge < -0.3 is 19.7 Å². The van der Waals surface area contributed by atoms with Crippen molar-refractivity contribution in [2.45, 2.75) is 26.3 Å². The lowest BCUT2D eigenvalue weighted by molar-refractivity contribution is 0.0695. The minimum atomic E-state index is -0.200. The number of amides is 2. The van der Waals surface area contributed by atoms with Crippen LogP contribution in [0.2, 0.25) is 0 Å². The number of para-hydroxylation sites is 1. The highest BCUT2D eigenvalue weighted by molar-refractivity contribution is 7.13. The highest BCUT2D eigenvalue weighted by atomic mass is 32.1. The van der Waals surface area contributed by atoms with Gasteiger partial charge in [-0.1, -0.05) is 23.8 Å². The van der Waals surface area contributed by atoms with Crippen molar-refractivity contribution in [2.24, 2.45) is 11.8 Å². The van der Waals surface area contributed by atoms with Crippen molar-refractivity contribution in [3.63, 3.8) is 0 Å². The summed E-state index contributed by atoms with van der Waals surface area (Å²) in [7, 11) is 0. The molecule has 35 heavy (non-hydrogen) atoms. The Balaban J connectivity index is 1.23. The SMILES string of the molecule is Cc1csc(-c2ccc(C)cc2C(=O)N2C[C@H]3C[C@H]3[C@H]2CNC(=O)c2cccc3c2OCCO3)c1. The molecule has 1 saturated heterocycles. The van der Waals surface area contributed by atoms with E-state index in [1.54, 1.807) is 23.5 Å². The molecule has 3 atom stereocenters. The van der Waals surface area contributed by atoms with Crippen molar-refractivity contribution in [2.75, 3.05) is 26.3 Å². The van der Waals surface area contributed by atoms with Crippen molar-refractivity contribution in [1.29, 1.82) is 0 Å². The van der Waals surface area contributed by atoms with Crippen LogP contribution in [0.25, 0.3) is 10.4 Å². The molecule has 2 fully saturated rings. The molecule has 2 aliphatic heterocycles. The van der Waals surface area contributed by atoms with Crippen molar-refractivity contribution in [3.05, 3.63) is 70.1 Å². The Morgan fingerprint density at radius 1 is 1.06 bits per heavy atom. The molecule has 1 N–H and O–H groups in total. The first kappa shape index (κ1) is 22.2. The largest absolute Gasteiger partial charge is 0.486 e. The zero-order valence-corrected chi connectivity index (χ0v) is 20.7. The third-order valence-electron chi connectivity index (χ3n) is 7.25. The predicted octanol–water partition coefficient (Wildman–Crippen LogP) is 4.69. The second-order valence-corrected chi connectivity index (χ2v) is 10.7. The maximum Gasteiger partial charge on any atom is 0.255 e. The normalized spacial score (nSPS) is 22.0. The second kappa shape index (κ2) is 8.72. The standard InChI is InChI=1S/C28H28N2O4S/c1-16-6-7-19(25-11-17(2)15-35-25)22(10-16)28(32)30-14-18-12-21(18)23(30)13-29-27(31)20-4-3-5-24-26(20)34-9-8-33-24/h3-7,10-11,15,18,21,23H,8-9,12-14H2,1-2H3,(H,29,31)/t18-,21-,23-/m1/s1. The number of hydrogen-bond donors (Lipinski definition) is 1. The first-order chi connectivity index (χ1) is 17.0. The Kier molecular flexibility index (Phi) is 5.52. The number of thiophene rings is 1. The quantitative estimate of drug-likeness (QED) is 0.566. The van der Waals surface area contributed by atoms with Crippen LogP contribution in [0.1, 0.15) is 38.3 Å². The monoisotopic (exact) mass is 488 g/mol. The molecule has 2 aromatic carbocycles. The number of benzene rings is 2. The lowest BCUT2D eigenvalue weighted by Crippen LogP contribution is -2.45. The number of aryl methyl sites for hydroxylation is 2. The maximum atomic E-state index is 13.9. The van der Waals surface area contributed by atoms with Crippen LogP contribution in [-0.2, 0) is 0 Å². The van der Waals surface area contributed by atoms with Gasteiger partial charge in [0.1, 0.15) is 13.2 Å². The fraction of sp³-hybridized carbons (Fsp3) is 0.357. The van der Waals surface area contributed by atoms with Crippen LogP contribution in [0.3, 0.4) is 0 Å². The summed E-state index contributed by atoms with van der Waals surface area (Å²) in [6.45, 7) is 6.17. The molecule has 1 aliphatic carbocycles. The molecule has 2 amide bonds. The van der Waals surface area contributed by atoms with E-state index in [9.17, 15) is 9.59 Å². The summed E-state index contributed by atoms with van der Waals surface area (Å²) in [5, 5.41) is 5.19. The molecule has 1 saturated carbocycles. The fourth-order valence-corrected chi connectivity index (χ4v) is 6.33. The minimum Gasteiger partial charge on any atom is -0.486 e. The van der Waals surface area contributed by atoms with Crippen molar-refractivity contribution in [3.8, 4) is 21.9 Å². The van der Waals surface area contributed by atoms with E-state index in [2.05, 4.69) is 35.8 Å². The van der Waals surface area contributed by atoms with Crippen LogP contribution in [0.4, 0.5) is 0 Å². The molecular formula is C28H28N2O4S. The molecule has 7 heteroatoms. The van der Waals surface area contributed by atoms with E-state index < -0.39 is 0 Å². The highest BCUT2D eigenvalue weighted by Crippen LogP contribution is 2.50. The first-order valence-electron chi connectivity index (χ1n) is 12.1. The van der Waals surface area contributed by atoms with Crippen LogP contribution < -0.4 is 14.8 Å². The minimum absolute atomic E-state index is 0.00779. The number of nitrogens with one attached hydrogen (secondary N) is 1. The number of ether oxygens (including phenoxy) is 2. The number of carbonyl (C=O) groups is 2. The maximum absolute atomic E-state index is 13.9. The number of nitrogens with zero attached hydrogens (tertiary/aromatic N) is 1. The van der Waals surface area contributed by atoms with Gasteiger partial charge in [0.05, 0.1) is 11.6 Å². The molecule has 3 heterocycles. The Morgan fingerprint density at radius 2 is 1.91 bits per heavy atom. The average molecular weight is 489 g/mol. The van der Waals surface area contributed by atoms with Crippen molar-refractivity contribution in [1.82, 2.24) is 10.2 Å². The van der Waals surface area contributed by atoms with Crippen LogP contribution >= 0.6 is 11.3 Å². The summed E-state index contributed by atoms with van der Waals surface area (Å²) in [4.78, 5) is 30.0. The number of likely N-dealkylation sites (tertiary alicyclic amines) is 1. The van der Waals surface area contributed by atoms with Gasteiger partial charge in [-0.3, -0.25) is 9.59 Å². The van der Waals surface area contributed by atoms with Crippen LogP contribution in [0, 0.1) is 25.7 Å². The summed E-state index contributed by atoms with van der Waals surface area (Å²) in [6, 6.07) is 13.6. The topological polar surface area (TPSA) is 67.9 Å². The zero-order chi connectivity index (χ0) is 24.1. The molecule has 180 valence electrons. The molecule has 0 radical (unpaired) electrons. The van der Waals surface area contributed by atoms with Crippen LogP contribution in [0.15, 0.2) is 47.8 Å². The van der Waals surface area contributed by atoms with Gasteiger partial charge in [0, 0.05) is 29.1 Å². The van der Waals surface area contributed by atoms with Gasteiger partial charge in [-0.05, 0) is 67.3 Å². The summed E-state index contributed by atoms with van der Waals surface area (Å²) in [5.41, 5.74) is 4.46.